The van der Waals surface area contributed by atoms with E-state index in [1.807, 2.05) is 6.07 Å². The third kappa shape index (κ3) is 1.57. The van der Waals surface area contributed by atoms with Gasteiger partial charge in [-0.2, -0.15) is 8.78 Å². The first-order valence-electron chi connectivity index (χ1n) is 4.50. The molecule has 1 aliphatic carbocycles. The highest BCUT2D eigenvalue weighted by Gasteiger charge is 2.24. The molecule has 0 radical (unpaired) electrons. The van der Waals surface area contributed by atoms with Crippen molar-refractivity contribution < 1.29 is 13.5 Å². The molecule has 1 aliphatic rings. The van der Waals surface area contributed by atoms with Gasteiger partial charge in [0.25, 0.3) is 0 Å². The van der Waals surface area contributed by atoms with Gasteiger partial charge in [-0.05, 0) is 24.5 Å². The van der Waals surface area contributed by atoms with Crippen molar-refractivity contribution in [3.8, 4) is 5.75 Å². The van der Waals surface area contributed by atoms with Gasteiger partial charge in [0.15, 0.2) is 0 Å². The largest absolute Gasteiger partial charge is 0.434 e. The van der Waals surface area contributed by atoms with Crippen molar-refractivity contribution in [3.05, 3.63) is 29.3 Å². The van der Waals surface area contributed by atoms with E-state index >= 15 is 0 Å². The van der Waals surface area contributed by atoms with Crippen LogP contribution in [0, 0.1) is 0 Å². The van der Waals surface area contributed by atoms with Crippen LogP contribution in [-0.4, -0.2) is 6.61 Å². The predicted octanol–water partition coefficient (Wildman–Crippen LogP) is 2.23. The quantitative estimate of drug-likeness (QED) is 0.792. The van der Waals surface area contributed by atoms with Crippen molar-refractivity contribution in [1.82, 2.24) is 0 Å². The Morgan fingerprint density at radius 3 is 2.93 bits per heavy atom. The van der Waals surface area contributed by atoms with Gasteiger partial charge >= 0.3 is 6.61 Å². The van der Waals surface area contributed by atoms with Gasteiger partial charge in [-0.25, -0.2) is 0 Å². The van der Waals surface area contributed by atoms with Crippen molar-refractivity contribution >= 4 is 0 Å². The van der Waals surface area contributed by atoms with Crippen LogP contribution in [0.2, 0.25) is 0 Å². The normalized spacial score (nSPS) is 19.9. The third-order valence-corrected chi connectivity index (χ3v) is 2.47. The van der Waals surface area contributed by atoms with Crippen LogP contribution < -0.4 is 10.5 Å². The van der Waals surface area contributed by atoms with Gasteiger partial charge in [0.05, 0.1) is 0 Å². The third-order valence-electron chi connectivity index (χ3n) is 2.47. The lowest BCUT2D eigenvalue weighted by molar-refractivity contribution is -0.0505. The Kier molecular flexibility index (Phi) is 2.37. The molecule has 0 fully saturated rings. The standard InChI is InChI=1S/C10H11F2NO/c11-10(12)14-8-3-1-2-6-4-5-7(13)9(6)8/h1-3,7,10H,4-5,13H2. The van der Waals surface area contributed by atoms with Crippen LogP contribution >= 0.6 is 0 Å². The van der Waals surface area contributed by atoms with E-state index < -0.39 is 6.61 Å². The SMILES string of the molecule is NC1CCc2cccc(OC(F)F)c21. The molecule has 1 aromatic carbocycles. The molecule has 1 aromatic rings. The fraction of sp³-hybridized carbons (Fsp3) is 0.400. The molecular formula is C10H11F2NO. The van der Waals surface area contributed by atoms with Gasteiger partial charge in [-0.15, -0.1) is 0 Å². The number of fused-ring (bicyclic) bond motifs is 1. The lowest BCUT2D eigenvalue weighted by Crippen LogP contribution is -2.10. The summed E-state index contributed by atoms with van der Waals surface area (Å²) in [7, 11) is 0. The average Bonchev–Trinajstić information content (AvgIpc) is 2.48. The highest BCUT2D eigenvalue weighted by atomic mass is 19.3. The Balaban J connectivity index is 2.36. The summed E-state index contributed by atoms with van der Waals surface area (Å²) in [5, 5.41) is 0. The van der Waals surface area contributed by atoms with Gasteiger partial charge in [-0.3, -0.25) is 0 Å². The zero-order chi connectivity index (χ0) is 10.1. The number of halogens is 2. The number of alkyl halides is 2. The second kappa shape index (κ2) is 3.53. The van der Waals surface area contributed by atoms with Crippen LogP contribution in [0.3, 0.4) is 0 Å². The lowest BCUT2D eigenvalue weighted by atomic mass is 10.1. The first kappa shape index (κ1) is 9.40. The zero-order valence-electron chi connectivity index (χ0n) is 7.54. The summed E-state index contributed by atoms with van der Waals surface area (Å²) in [6, 6.07) is 4.99. The van der Waals surface area contributed by atoms with Crippen molar-refractivity contribution in [2.75, 3.05) is 0 Å². The van der Waals surface area contributed by atoms with Gasteiger partial charge in [0.1, 0.15) is 5.75 Å². The molecule has 0 heterocycles. The summed E-state index contributed by atoms with van der Waals surface area (Å²) in [5.41, 5.74) is 7.57. The van der Waals surface area contributed by atoms with E-state index in [1.165, 1.54) is 6.07 Å². The molecule has 76 valence electrons. The van der Waals surface area contributed by atoms with Crippen LogP contribution in [0.4, 0.5) is 8.78 Å². The van der Waals surface area contributed by atoms with Crippen molar-refractivity contribution in [3.63, 3.8) is 0 Å². The second-order valence-electron chi connectivity index (χ2n) is 3.35. The summed E-state index contributed by atoms with van der Waals surface area (Å²) < 4.78 is 28.5. The van der Waals surface area contributed by atoms with E-state index in [9.17, 15) is 8.78 Å². The Morgan fingerprint density at radius 1 is 1.43 bits per heavy atom. The summed E-state index contributed by atoms with van der Waals surface area (Å²) in [4.78, 5) is 0. The van der Waals surface area contributed by atoms with Gasteiger partial charge in [0.2, 0.25) is 0 Å². The number of hydrogen-bond donors (Lipinski definition) is 1. The molecule has 0 aromatic heterocycles. The Morgan fingerprint density at radius 2 is 2.21 bits per heavy atom. The van der Waals surface area contributed by atoms with Crippen molar-refractivity contribution in [2.24, 2.45) is 5.73 Å². The topological polar surface area (TPSA) is 35.2 Å². The molecule has 0 saturated carbocycles. The fourth-order valence-electron chi connectivity index (χ4n) is 1.88. The van der Waals surface area contributed by atoms with Crippen LogP contribution in [0.15, 0.2) is 18.2 Å². The van der Waals surface area contributed by atoms with E-state index in [-0.39, 0.29) is 11.8 Å². The minimum absolute atomic E-state index is 0.167. The Hall–Kier alpha value is -1.16. The summed E-state index contributed by atoms with van der Waals surface area (Å²) in [6.45, 7) is -2.78. The molecular weight excluding hydrogens is 188 g/mol. The number of nitrogens with two attached hydrogens (primary N) is 1. The molecule has 0 spiro atoms. The second-order valence-corrected chi connectivity index (χ2v) is 3.35. The molecule has 0 amide bonds. The Bertz CT molecular complexity index is 341. The minimum atomic E-state index is -2.78. The summed E-state index contributed by atoms with van der Waals surface area (Å²) >= 11 is 0. The first-order chi connectivity index (χ1) is 6.68. The first-order valence-corrected chi connectivity index (χ1v) is 4.50. The smallest absolute Gasteiger partial charge is 0.387 e. The number of aryl methyl sites for hydroxylation is 1. The highest BCUT2D eigenvalue weighted by Crippen LogP contribution is 2.36. The molecule has 0 bridgehead atoms. The van der Waals surface area contributed by atoms with E-state index in [0.29, 0.717) is 0 Å². The van der Waals surface area contributed by atoms with Gasteiger partial charge in [0, 0.05) is 11.6 Å². The number of rotatable bonds is 2. The maximum atomic E-state index is 12.1. The van der Waals surface area contributed by atoms with Crippen LogP contribution in [0.1, 0.15) is 23.6 Å². The molecule has 1 atom stereocenters. The summed E-state index contributed by atoms with van der Waals surface area (Å²) in [5.74, 6) is 0.225. The van der Waals surface area contributed by atoms with Crippen LogP contribution in [-0.2, 0) is 6.42 Å². The van der Waals surface area contributed by atoms with E-state index in [1.54, 1.807) is 6.07 Å². The van der Waals surface area contributed by atoms with Gasteiger partial charge in [-0.1, -0.05) is 12.1 Å². The fourth-order valence-corrected chi connectivity index (χ4v) is 1.88. The molecule has 0 aliphatic heterocycles. The Labute approximate surface area is 80.7 Å². The average molecular weight is 199 g/mol. The molecule has 0 saturated heterocycles. The van der Waals surface area contributed by atoms with Crippen molar-refractivity contribution in [2.45, 2.75) is 25.5 Å². The predicted molar refractivity (Wildman–Crippen MR) is 48.3 cm³/mol. The number of benzene rings is 1. The van der Waals surface area contributed by atoms with Crippen LogP contribution in [0.5, 0.6) is 5.75 Å². The number of hydrogen-bond acceptors (Lipinski definition) is 2. The summed E-state index contributed by atoms with van der Waals surface area (Å²) in [6.07, 6.45) is 1.65. The molecule has 2 nitrogen and oxygen atoms in total. The monoisotopic (exact) mass is 199 g/mol. The maximum absolute atomic E-state index is 12.1. The van der Waals surface area contributed by atoms with E-state index in [2.05, 4.69) is 4.74 Å². The maximum Gasteiger partial charge on any atom is 0.387 e. The molecule has 2 N–H and O–H groups in total. The molecule has 4 heteroatoms. The minimum Gasteiger partial charge on any atom is -0.434 e. The molecule has 2 rings (SSSR count). The van der Waals surface area contributed by atoms with E-state index in [4.69, 9.17) is 5.73 Å². The molecule has 14 heavy (non-hydrogen) atoms. The van der Waals surface area contributed by atoms with Gasteiger partial charge < -0.3 is 10.5 Å². The lowest BCUT2D eigenvalue weighted by Gasteiger charge is -2.12. The van der Waals surface area contributed by atoms with Crippen LogP contribution in [0.25, 0.3) is 0 Å². The molecule has 1 unspecified atom stereocenters. The van der Waals surface area contributed by atoms with Crippen molar-refractivity contribution in [1.29, 1.82) is 0 Å². The highest BCUT2D eigenvalue weighted by molar-refractivity contribution is 5.45. The number of ether oxygens (including phenoxy) is 1. The van der Waals surface area contributed by atoms with E-state index in [0.717, 1.165) is 24.0 Å². The zero-order valence-corrected chi connectivity index (χ0v) is 7.54.